The molecule has 0 spiro atoms. The van der Waals surface area contributed by atoms with Gasteiger partial charge in [0, 0.05) is 6.04 Å². The van der Waals surface area contributed by atoms with Crippen LogP contribution < -0.4 is 15.8 Å². The molecule has 2 aliphatic carbocycles. The van der Waals surface area contributed by atoms with Gasteiger partial charge in [-0.1, -0.05) is 6.42 Å². The lowest BCUT2D eigenvalue weighted by atomic mass is 9.95. The van der Waals surface area contributed by atoms with Gasteiger partial charge in [-0.05, 0) is 57.1 Å². The number of fused-ring (bicyclic) bond motifs is 2. The molecule has 0 amide bonds. The molecule has 2 bridgehead atoms. The van der Waals surface area contributed by atoms with E-state index in [1.165, 1.54) is 25.7 Å². The maximum absolute atomic E-state index is 5.89. The van der Waals surface area contributed by atoms with Gasteiger partial charge in [0.25, 0.3) is 0 Å². The van der Waals surface area contributed by atoms with Crippen LogP contribution in [0.25, 0.3) is 0 Å². The molecule has 3 unspecified atom stereocenters. The van der Waals surface area contributed by atoms with Crippen molar-refractivity contribution in [3.63, 3.8) is 0 Å². The van der Waals surface area contributed by atoms with Crippen LogP contribution in [0.4, 0.5) is 11.5 Å². The summed E-state index contributed by atoms with van der Waals surface area (Å²) in [6.45, 7) is 3.97. The molecule has 2 aliphatic rings. The zero-order valence-electron chi connectivity index (χ0n) is 11.7. The summed E-state index contributed by atoms with van der Waals surface area (Å²) < 4.78 is 5.64. The molecule has 19 heavy (non-hydrogen) atoms. The van der Waals surface area contributed by atoms with E-state index in [0.717, 1.165) is 17.7 Å². The number of hydrogen-bond acceptors (Lipinski definition) is 4. The third-order valence-electron chi connectivity index (χ3n) is 4.31. The van der Waals surface area contributed by atoms with Gasteiger partial charge in [0.2, 0.25) is 5.88 Å². The van der Waals surface area contributed by atoms with Crippen molar-refractivity contribution in [2.24, 2.45) is 11.8 Å². The quantitative estimate of drug-likeness (QED) is 0.874. The Bertz CT molecular complexity index is 461. The highest BCUT2D eigenvalue weighted by molar-refractivity contribution is 5.54. The van der Waals surface area contributed by atoms with Crippen LogP contribution in [0.2, 0.25) is 0 Å². The van der Waals surface area contributed by atoms with Crippen molar-refractivity contribution in [1.29, 1.82) is 0 Å². The van der Waals surface area contributed by atoms with Crippen LogP contribution in [0.1, 0.15) is 39.5 Å². The van der Waals surface area contributed by atoms with Gasteiger partial charge in [0.05, 0.1) is 11.8 Å². The average molecular weight is 261 g/mol. The van der Waals surface area contributed by atoms with E-state index in [4.69, 9.17) is 10.5 Å². The van der Waals surface area contributed by atoms with Crippen LogP contribution >= 0.6 is 0 Å². The highest BCUT2D eigenvalue weighted by Gasteiger charge is 2.39. The Morgan fingerprint density at radius 1 is 1.32 bits per heavy atom. The minimum Gasteiger partial charge on any atom is -0.473 e. The number of nitrogens with one attached hydrogen (secondary N) is 1. The fourth-order valence-electron chi connectivity index (χ4n) is 3.46. The molecule has 4 nitrogen and oxygen atoms in total. The number of pyridine rings is 1. The number of anilines is 2. The number of hydrogen-bond donors (Lipinski definition) is 2. The molecule has 2 saturated carbocycles. The average Bonchev–Trinajstić information content (AvgIpc) is 2.95. The maximum atomic E-state index is 5.89. The zero-order valence-corrected chi connectivity index (χ0v) is 11.7. The number of nitrogen functional groups attached to an aromatic ring is 1. The van der Waals surface area contributed by atoms with Crippen LogP contribution in [-0.4, -0.2) is 17.1 Å². The number of aromatic nitrogens is 1. The van der Waals surface area contributed by atoms with E-state index in [-0.39, 0.29) is 6.10 Å². The molecule has 1 aromatic heterocycles. The summed E-state index contributed by atoms with van der Waals surface area (Å²) in [4.78, 5) is 4.50. The summed E-state index contributed by atoms with van der Waals surface area (Å²) in [6.07, 6.45) is 5.55. The molecular weight excluding hydrogens is 238 g/mol. The predicted molar refractivity (Wildman–Crippen MR) is 77.3 cm³/mol. The Morgan fingerprint density at radius 2 is 2.16 bits per heavy atom. The SMILES string of the molecule is CC(C)Oc1nc(NC2CC3CCC2C3)ccc1N. The molecule has 104 valence electrons. The Kier molecular flexibility index (Phi) is 3.25. The van der Waals surface area contributed by atoms with Gasteiger partial charge in [0.1, 0.15) is 5.82 Å². The van der Waals surface area contributed by atoms with Crippen LogP contribution in [0.3, 0.4) is 0 Å². The lowest BCUT2D eigenvalue weighted by Crippen LogP contribution is -2.26. The fraction of sp³-hybridized carbons (Fsp3) is 0.667. The molecule has 1 aromatic rings. The van der Waals surface area contributed by atoms with Gasteiger partial charge in [0.15, 0.2) is 0 Å². The third kappa shape index (κ3) is 2.62. The van der Waals surface area contributed by atoms with Gasteiger partial charge in [-0.25, -0.2) is 0 Å². The van der Waals surface area contributed by atoms with E-state index < -0.39 is 0 Å². The Morgan fingerprint density at radius 3 is 2.79 bits per heavy atom. The van der Waals surface area contributed by atoms with Gasteiger partial charge in [-0.15, -0.1) is 0 Å². The molecule has 3 atom stereocenters. The smallest absolute Gasteiger partial charge is 0.239 e. The van der Waals surface area contributed by atoms with Gasteiger partial charge in [-0.2, -0.15) is 4.98 Å². The van der Waals surface area contributed by atoms with Gasteiger partial charge < -0.3 is 15.8 Å². The van der Waals surface area contributed by atoms with Crippen molar-refractivity contribution in [2.45, 2.75) is 51.7 Å². The molecule has 0 aliphatic heterocycles. The zero-order chi connectivity index (χ0) is 13.4. The number of nitrogens with zero attached hydrogens (tertiary/aromatic N) is 1. The Hall–Kier alpha value is -1.45. The van der Waals surface area contributed by atoms with Crippen LogP contribution in [0.5, 0.6) is 5.88 Å². The standard InChI is InChI=1S/C15H23N3O/c1-9(2)19-15-12(16)5-6-14(18-15)17-13-8-10-3-4-11(13)7-10/h5-6,9-11,13H,3-4,7-8,16H2,1-2H3,(H,17,18). The summed E-state index contributed by atoms with van der Waals surface area (Å²) in [5.74, 6) is 3.20. The van der Waals surface area contributed by atoms with E-state index in [1.807, 2.05) is 26.0 Å². The second kappa shape index (κ2) is 4.91. The number of ether oxygens (including phenoxy) is 1. The molecule has 3 N–H and O–H groups in total. The monoisotopic (exact) mass is 261 g/mol. The first-order chi connectivity index (χ1) is 9.11. The molecule has 0 aromatic carbocycles. The number of rotatable bonds is 4. The van der Waals surface area contributed by atoms with Crippen molar-refractivity contribution < 1.29 is 4.74 Å². The third-order valence-corrected chi connectivity index (χ3v) is 4.31. The Labute approximate surface area is 114 Å². The minimum atomic E-state index is 0.0903. The minimum absolute atomic E-state index is 0.0903. The fourth-order valence-corrected chi connectivity index (χ4v) is 3.46. The normalized spacial score (nSPS) is 28.9. The lowest BCUT2D eigenvalue weighted by molar-refractivity contribution is 0.234. The van der Waals surface area contributed by atoms with Crippen molar-refractivity contribution in [2.75, 3.05) is 11.1 Å². The molecule has 4 heteroatoms. The number of nitrogens with two attached hydrogens (primary N) is 1. The summed E-state index contributed by atoms with van der Waals surface area (Å²) in [7, 11) is 0. The molecule has 2 fully saturated rings. The second-order valence-corrected chi connectivity index (χ2v) is 6.18. The van der Waals surface area contributed by atoms with E-state index in [1.54, 1.807) is 0 Å². The van der Waals surface area contributed by atoms with Gasteiger partial charge >= 0.3 is 0 Å². The lowest BCUT2D eigenvalue weighted by Gasteiger charge is -2.23. The van der Waals surface area contributed by atoms with Crippen LogP contribution in [-0.2, 0) is 0 Å². The van der Waals surface area contributed by atoms with Crippen LogP contribution in [0.15, 0.2) is 12.1 Å². The largest absolute Gasteiger partial charge is 0.473 e. The maximum Gasteiger partial charge on any atom is 0.239 e. The topological polar surface area (TPSA) is 60.2 Å². The summed E-state index contributed by atoms with van der Waals surface area (Å²) in [5.41, 5.74) is 6.50. The van der Waals surface area contributed by atoms with Crippen LogP contribution in [0, 0.1) is 11.8 Å². The highest BCUT2D eigenvalue weighted by atomic mass is 16.5. The molecule has 1 heterocycles. The van der Waals surface area contributed by atoms with Crippen molar-refractivity contribution in [3.05, 3.63) is 12.1 Å². The first-order valence-corrected chi connectivity index (χ1v) is 7.31. The van der Waals surface area contributed by atoms with Crippen molar-refractivity contribution >= 4 is 11.5 Å². The molecule has 0 radical (unpaired) electrons. The summed E-state index contributed by atoms with van der Waals surface area (Å²) in [5, 5.41) is 3.57. The molecule has 3 rings (SSSR count). The van der Waals surface area contributed by atoms with E-state index in [0.29, 0.717) is 17.6 Å². The van der Waals surface area contributed by atoms with E-state index in [2.05, 4.69) is 10.3 Å². The first kappa shape index (κ1) is 12.6. The first-order valence-electron chi connectivity index (χ1n) is 7.31. The van der Waals surface area contributed by atoms with E-state index >= 15 is 0 Å². The summed E-state index contributed by atoms with van der Waals surface area (Å²) in [6, 6.07) is 4.41. The summed E-state index contributed by atoms with van der Waals surface area (Å²) >= 11 is 0. The van der Waals surface area contributed by atoms with Gasteiger partial charge in [-0.3, -0.25) is 0 Å². The predicted octanol–water partition coefficient (Wildman–Crippen LogP) is 3.05. The molecular formula is C15H23N3O. The highest BCUT2D eigenvalue weighted by Crippen LogP contribution is 2.45. The van der Waals surface area contributed by atoms with Crippen molar-refractivity contribution in [1.82, 2.24) is 4.98 Å². The van der Waals surface area contributed by atoms with E-state index in [9.17, 15) is 0 Å². The Balaban J connectivity index is 1.71. The van der Waals surface area contributed by atoms with Crippen molar-refractivity contribution in [3.8, 4) is 5.88 Å². The molecule has 0 saturated heterocycles. The second-order valence-electron chi connectivity index (χ2n) is 6.18.